The first kappa shape index (κ1) is 19.3. The van der Waals surface area contributed by atoms with E-state index in [-0.39, 0.29) is 11.6 Å². The molecule has 3 aromatic rings. The van der Waals surface area contributed by atoms with E-state index in [4.69, 9.17) is 4.98 Å². The summed E-state index contributed by atoms with van der Waals surface area (Å²) in [7, 11) is 0. The lowest BCUT2D eigenvalue weighted by molar-refractivity contribution is 0.130. The molecule has 0 bridgehead atoms. The smallest absolute Gasteiger partial charge is 0.407 e. The molecule has 1 unspecified atom stereocenters. The van der Waals surface area contributed by atoms with E-state index >= 15 is 0 Å². The summed E-state index contributed by atoms with van der Waals surface area (Å²) in [6.07, 6.45) is 4.96. The maximum absolute atomic E-state index is 12.8. The molecule has 1 amide bonds. The molecular formula is C20H24N6O3S. The molecule has 5 rings (SSSR count). The number of aromatic amines is 2. The minimum absolute atomic E-state index is 0.166. The molecule has 10 heteroatoms. The van der Waals surface area contributed by atoms with Gasteiger partial charge in [-0.3, -0.25) is 19.7 Å². The molecule has 0 radical (unpaired) electrons. The number of aryl methyl sites for hydroxylation is 1. The number of rotatable bonds is 3. The highest BCUT2D eigenvalue weighted by molar-refractivity contribution is 7.22. The van der Waals surface area contributed by atoms with Crippen LogP contribution in [0.1, 0.15) is 43.2 Å². The fourth-order valence-electron chi connectivity index (χ4n) is 4.68. The number of fused-ring (bicyclic) bond motifs is 1. The summed E-state index contributed by atoms with van der Waals surface area (Å²) in [6.45, 7) is 4.39. The van der Waals surface area contributed by atoms with Crippen molar-refractivity contribution in [2.24, 2.45) is 0 Å². The number of piperidine rings is 1. The third kappa shape index (κ3) is 3.29. The Hall–Kier alpha value is -2.72. The number of amides is 1. The van der Waals surface area contributed by atoms with Gasteiger partial charge in [0.1, 0.15) is 10.5 Å². The highest BCUT2D eigenvalue weighted by Gasteiger charge is 2.40. The molecule has 3 aromatic heterocycles. The van der Waals surface area contributed by atoms with E-state index in [1.165, 1.54) is 22.7 Å². The predicted octanol–water partition coefficient (Wildman–Crippen LogP) is 2.96. The van der Waals surface area contributed by atoms with Crippen molar-refractivity contribution in [3.8, 4) is 10.4 Å². The maximum atomic E-state index is 12.8. The van der Waals surface area contributed by atoms with Gasteiger partial charge in [-0.2, -0.15) is 5.10 Å². The van der Waals surface area contributed by atoms with E-state index < -0.39 is 12.1 Å². The molecule has 9 nitrogen and oxygen atoms in total. The Morgan fingerprint density at radius 2 is 2.10 bits per heavy atom. The van der Waals surface area contributed by atoms with Gasteiger partial charge < -0.3 is 10.1 Å². The van der Waals surface area contributed by atoms with E-state index in [1.54, 1.807) is 6.20 Å². The number of nitrogens with zero attached hydrogens (tertiary/aromatic N) is 4. The molecule has 2 aliphatic heterocycles. The van der Waals surface area contributed by atoms with Gasteiger partial charge in [0, 0.05) is 28.7 Å². The highest BCUT2D eigenvalue weighted by Crippen LogP contribution is 2.36. The summed E-state index contributed by atoms with van der Waals surface area (Å²) in [5.74, 6) is 0.433. The molecular weight excluding hydrogens is 404 g/mol. The highest BCUT2D eigenvalue weighted by atomic mass is 32.1. The lowest BCUT2D eigenvalue weighted by Gasteiger charge is -2.31. The SMILES string of the molecule is Cc1[nH]ncc1-c1cc2nc([C@@H]3CC(N4CCCCC4)CN3C(=O)O)[nH]c(=O)c2s1. The van der Waals surface area contributed by atoms with Crippen LogP contribution < -0.4 is 5.56 Å². The van der Waals surface area contributed by atoms with Crippen molar-refractivity contribution in [1.29, 1.82) is 0 Å². The second-order valence-corrected chi connectivity index (χ2v) is 9.17. The zero-order chi connectivity index (χ0) is 20.8. The van der Waals surface area contributed by atoms with Crippen LogP contribution in [-0.2, 0) is 0 Å². The van der Waals surface area contributed by atoms with Crippen molar-refractivity contribution in [2.75, 3.05) is 19.6 Å². The summed E-state index contributed by atoms with van der Waals surface area (Å²) >= 11 is 1.37. The third-order valence-corrected chi connectivity index (χ3v) is 7.40. The van der Waals surface area contributed by atoms with E-state index in [0.717, 1.165) is 42.1 Å². The fraction of sp³-hybridized carbons (Fsp3) is 0.500. The number of aromatic nitrogens is 4. The molecule has 0 spiro atoms. The van der Waals surface area contributed by atoms with Crippen LogP contribution in [0.2, 0.25) is 0 Å². The zero-order valence-electron chi connectivity index (χ0n) is 16.7. The molecule has 0 saturated carbocycles. The molecule has 158 valence electrons. The van der Waals surface area contributed by atoms with Gasteiger partial charge in [-0.1, -0.05) is 6.42 Å². The van der Waals surface area contributed by atoms with Crippen molar-refractivity contribution >= 4 is 27.6 Å². The molecule has 2 fully saturated rings. The van der Waals surface area contributed by atoms with E-state index in [9.17, 15) is 14.7 Å². The minimum Gasteiger partial charge on any atom is -0.465 e. The lowest BCUT2D eigenvalue weighted by Crippen LogP contribution is -2.41. The van der Waals surface area contributed by atoms with E-state index in [2.05, 4.69) is 20.1 Å². The number of hydrogen-bond acceptors (Lipinski definition) is 6. The zero-order valence-corrected chi connectivity index (χ0v) is 17.5. The standard InChI is InChI=1S/C20H24N6O3S/c1-11-13(9-21-24-11)16-8-14-17(30-16)19(27)23-18(22-14)15-7-12(10-26(15)20(28)29)25-5-3-2-4-6-25/h8-9,12,15H,2-7,10H2,1H3,(H,21,24)(H,28,29)(H,22,23,27)/t12?,15-/m0/s1. The Bertz CT molecular complexity index is 1150. The van der Waals surface area contributed by atoms with Gasteiger partial charge in [-0.05, 0) is 45.3 Å². The number of carbonyl (C=O) groups is 1. The minimum atomic E-state index is -0.970. The maximum Gasteiger partial charge on any atom is 0.407 e. The molecule has 5 heterocycles. The number of carboxylic acid groups (broad SMARTS) is 1. The number of nitrogens with one attached hydrogen (secondary N) is 2. The van der Waals surface area contributed by atoms with Gasteiger partial charge >= 0.3 is 6.09 Å². The monoisotopic (exact) mass is 428 g/mol. The molecule has 2 saturated heterocycles. The average molecular weight is 429 g/mol. The predicted molar refractivity (Wildman–Crippen MR) is 114 cm³/mol. The summed E-state index contributed by atoms with van der Waals surface area (Å²) in [4.78, 5) is 37.0. The van der Waals surface area contributed by atoms with Crippen LogP contribution in [0.5, 0.6) is 0 Å². The molecule has 0 aliphatic carbocycles. The number of hydrogen-bond donors (Lipinski definition) is 3. The summed E-state index contributed by atoms with van der Waals surface area (Å²) < 4.78 is 0.543. The first-order chi connectivity index (χ1) is 14.5. The summed E-state index contributed by atoms with van der Waals surface area (Å²) in [5, 5.41) is 16.7. The van der Waals surface area contributed by atoms with Crippen molar-refractivity contribution in [2.45, 2.75) is 44.7 Å². The Kier molecular flexibility index (Phi) is 4.82. The molecule has 30 heavy (non-hydrogen) atoms. The normalized spacial score (nSPS) is 22.8. The second kappa shape index (κ2) is 7.51. The lowest BCUT2D eigenvalue weighted by atomic mass is 10.1. The van der Waals surface area contributed by atoms with Crippen LogP contribution in [-0.4, -0.2) is 66.8 Å². The Labute approximate surface area is 176 Å². The Balaban J connectivity index is 1.50. The summed E-state index contributed by atoms with van der Waals surface area (Å²) in [5.41, 5.74) is 2.24. The quantitative estimate of drug-likeness (QED) is 0.590. The third-order valence-electron chi connectivity index (χ3n) is 6.24. The molecule has 2 atom stereocenters. The molecule has 0 aromatic carbocycles. The second-order valence-electron chi connectivity index (χ2n) is 8.12. The van der Waals surface area contributed by atoms with Crippen molar-refractivity contribution in [3.05, 3.63) is 34.1 Å². The number of H-pyrrole nitrogens is 2. The Morgan fingerprint density at radius 3 is 2.80 bits per heavy atom. The van der Waals surface area contributed by atoms with Gasteiger partial charge in [0.2, 0.25) is 0 Å². The van der Waals surface area contributed by atoms with Crippen molar-refractivity contribution in [1.82, 2.24) is 30.0 Å². The molecule has 3 N–H and O–H groups in total. The average Bonchev–Trinajstić information content (AvgIpc) is 3.46. The molecule has 2 aliphatic rings. The van der Waals surface area contributed by atoms with Crippen molar-refractivity contribution in [3.63, 3.8) is 0 Å². The first-order valence-corrected chi connectivity index (χ1v) is 11.1. The van der Waals surface area contributed by atoms with Gasteiger partial charge in [0.15, 0.2) is 0 Å². The summed E-state index contributed by atoms with van der Waals surface area (Å²) in [6, 6.07) is 1.61. The van der Waals surface area contributed by atoms with Gasteiger partial charge in [-0.25, -0.2) is 9.78 Å². The van der Waals surface area contributed by atoms with Crippen LogP contribution in [0, 0.1) is 6.92 Å². The van der Waals surface area contributed by atoms with Crippen LogP contribution in [0.3, 0.4) is 0 Å². The largest absolute Gasteiger partial charge is 0.465 e. The van der Waals surface area contributed by atoms with E-state index in [1.807, 2.05) is 13.0 Å². The van der Waals surface area contributed by atoms with Gasteiger partial charge in [0.25, 0.3) is 5.56 Å². The van der Waals surface area contributed by atoms with Crippen LogP contribution in [0.15, 0.2) is 17.1 Å². The number of thiophene rings is 1. The van der Waals surface area contributed by atoms with Crippen LogP contribution in [0.25, 0.3) is 20.7 Å². The fourth-order valence-corrected chi connectivity index (χ4v) is 5.74. The first-order valence-electron chi connectivity index (χ1n) is 10.3. The van der Waals surface area contributed by atoms with Gasteiger partial charge in [0.05, 0.1) is 17.8 Å². The van der Waals surface area contributed by atoms with Gasteiger partial charge in [-0.15, -0.1) is 11.3 Å². The Morgan fingerprint density at radius 1 is 1.30 bits per heavy atom. The van der Waals surface area contributed by atoms with Crippen LogP contribution in [0.4, 0.5) is 4.79 Å². The topological polar surface area (TPSA) is 118 Å². The van der Waals surface area contributed by atoms with Crippen LogP contribution >= 0.6 is 11.3 Å². The van der Waals surface area contributed by atoms with Crippen molar-refractivity contribution < 1.29 is 9.90 Å². The number of likely N-dealkylation sites (tertiary alicyclic amines) is 2. The van der Waals surface area contributed by atoms with E-state index in [0.29, 0.717) is 29.0 Å².